The quantitative estimate of drug-likeness (QED) is 0.0708. The summed E-state index contributed by atoms with van der Waals surface area (Å²) in [4.78, 5) is 30.9. The number of ether oxygens (including phenoxy) is 2. The average Bonchev–Trinajstić information content (AvgIpc) is 3.99. The molecule has 1 aliphatic rings. The molecule has 2 N–H and O–H groups in total. The topological polar surface area (TPSA) is 109 Å². The number of benzene rings is 6. The van der Waals surface area contributed by atoms with Gasteiger partial charge in [-0.25, -0.2) is 0 Å². The van der Waals surface area contributed by atoms with Crippen LogP contribution in [-0.2, 0) is 28.4 Å². The van der Waals surface area contributed by atoms with Gasteiger partial charge in [0.05, 0.1) is 30.2 Å². The van der Waals surface area contributed by atoms with Gasteiger partial charge in [0.2, 0.25) is 0 Å². The SMILES string of the molecule is CCOC(C)=O.CCOC(C)=O.CN(C)c1ccc(-c2c(-c3ccccc3)[nH]c(C3=C[C+](c4[nH]c(-c5ccccc5)c(-c5ccc(N(C)C)cc5)c4-c4ccccc4)O[B-](F)(F)O3)c2-c2ccccc2)cc1. The van der Waals surface area contributed by atoms with Crippen molar-refractivity contribution in [3.8, 4) is 67.0 Å². The van der Waals surface area contributed by atoms with Crippen molar-refractivity contribution >= 4 is 36.2 Å². The number of hydrogen-bond donors (Lipinski definition) is 2. The number of H-pyrrole nitrogens is 2. The molecule has 1 aliphatic heterocycles. The van der Waals surface area contributed by atoms with Gasteiger partial charge in [0.15, 0.2) is 17.6 Å². The molecule has 10 nitrogen and oxygen atoms in total. The molecule has 0 aliphatic carbocycles. The van der Waals surface area contributed by atoms with E-state index in [4.69, 9.17) is 9.31 Å². The van der Waals surface area contributed by atoms with Crippen molar-refractivity contribution < 1.29 is 37.0 Å². The highest BCUT2D eigenvalue weighted by molar-refractivity contribution is 6.53. The highest BCUT2D eigenvalue weighted by atomic mass is 19.3. The molecule has 0 amide bonds. The lowest BCUT2D eigenvalue weighted by molar-refractivity contribution is -0.141. The van der Waals surface area contributed by atoms with E-state index < -0.39 is 7.11 Å². The van der Waals surface area contributed by atoms with Gasteiger partial charge in [-0.3, -0.25) is 9.59 Å². The van der Waals surface area contributed by atoms with E-state index in [0.29, 0.717) is 24.6 Å². The number of carbonyl (C=O) groups excluding carboxylic acids is 2. The summed E-state index contributed by atoms with van der Waals surface area (Å²) in [6, 6.07) is 56.0. The third-order valence-corrected chi connectivity index (χ3v) is 11.6. The minimum Gasteiger partial charge on any atom is -0.570 e. The van der Waals surface area contributed by atoms with Gasteiger partial charge >= 0.3 is 19.0 Å². The second-order valence-corrected chi connectivity index (χ2v) is 17.1. The van der Waals surface area contributed by atoms with Crippen LogP contribution >= 0.6 is 0 Å². The number of carbonyl (C=O) groups is 2. The first-order chi connectivity index (χ1) is 34.7. The zero-order valence-electron chi connectivity index (χ0n) is 41.8. The molecular weight excluding hydrogens is 909 g/mol. The van der Waals surface area contributed by atoms with Crippen LogP contribution in [0.25, 0.3) is 72.8 Å². The van der Waals surface area contributed by atoms with E-state index >= 15 is 8.63 Å². The van der Waals surface area contributed by atoms with Crippen LogP contribution in [0.1, 0.15) is 39.1 Å². The Hall–Kier alpha value is -8.29. The second kappa shape index (κ2) is 23.5. The summed E-state index contributed by atoms with van der Waals surface area (Å²) >= 11 is 0. The Labute approximate surface area is 420 Å². The Morgan fingerprint density at radius 2 is 0.847 bits per heavy atom. The molecule has 0 bridgehead atoms. The zero-order valence-corrected chi connectivity index (χ0v) is 41.8. The van der Waals surface area contributed by atoms with Gasteiger partial charge in [-0.1, -0.05) is 133 Å². The molecule has 3 heterocycles. The minimum atomic E-state index is -4.85. The maximum Gasteiger partial charge on any atom is 0.693 e. The molecule has 2 aromatic heterocycles. The zero-order chi connectivity index (χ0) is 51.4. The minimum absolute atomic E-state index is 0.0415. The first-order valence-electron chi connectivity index (χ1n) is 23.7. The van der Waals surface area contributed by atoms with Crippen LogP contribution < -0.4 is 9.80 Å². The van der Waals surface area contributed by atoms with Crippen LogP contribution in [-0.4, -0.2) is 70.4 Å². The third-order valence-electron chi connectivity index (χ3n) is 11.6. The highest BCUT2D eigenvalue weighted by Crippen LogP contribution is 2.50. The number of aromatic nitrogens is 2. The summed E-state index contributed by atoms with van der Waals surface area (Å²) < 4.78 is 52.9. The first kappa shape index (κ1) is 51.6. The van der Waals surface area contributed by atoms with Crippen LogP contribution in [0.4, 0.5) is 20.0 Å². The predicted molar refractivity (Wildman–Crippen MR) is 288 cm³/mol. The molecule has 6 aromatic carbocycles. The van der Waals surface area contributed by atoms with Gasteiger partial charge in [-0.2, -0.15) is 0 Å². The van der Waals surface area contributed by atoms with Crippen LogP contribution in [0.3, 0.4) is 0 Å². The van der Waals surface area contributed by atoms with E-state index in [9.17, 15) is 9.59 Å². The van der Waals surface area contributed by atoms with Crippen LogP contribution in [0.2, 0.25) is 0 Å². The van der Waals surface area contributed by atoms with E-state index in [2.05, 4.69) is 68.0 Å². The maximum atomic E-state index is 16.4. The average molecular weight is 969 g/mol. The standard InChI is InChI=1S/C51H43BF2N4O2.2C4H8O2/c1-57(2)40-29-25-36(26-30-40)44-46(34-17-9-5-10-18-34)50(55-48(44)38-21-13-7-14-22-38)42-33-43(60-52(53,54)59-42)51-47(35-19-11-6-12-20-35)45(37-27-31-41(32-28-37)58(3)4)49(56-51)39-23-15-8-16-24-39;2*1-3-6-4(2)5/h5-33,55-56H,1-4H3;2*3H2,1-2H3. The van der Waals surface area contributed by atoms with Crippen LogP contribution in [0.5, 0.6) is 0 Å². The fraction of sp³-hybridized carbons (Fsp3) is 0.169. The van der Waals surface area contributed by atoms with E-state index in [1.165, 1.54) is 13.8 Å². The molecule has 72 heavy (non-hydrogen) atoms. The number of anilines is 2. The molecule has 0 unspecified atom stereocenters. The largest absolute Gasteiger partial charge is 0.693 e. The van der Waals surface area contributed by atoms with Gasteiger partial charge in [-0.05, 0) is 78.1 Å². The monoisotopic (exact) mass is 968 g/mol. The summed E-state index contributed by atoms with van der Waals surface area (Å²) in [6.07, 6.45) is 1.55. The molecule has 0 spiro atoms. The van der Waals surface area contributed by atoms with E-state index in [-0.39, 0.29) is 23.8 Å². The van der Waals surface area contributed by atoms with Crippen molar-refractivity contribution in [1.29, 1.82) is 0 Å². The molecule has 9 rings (SSSR count). The van der Waals surface area contributed by atoms with Crippen molar-refractivity contribution in [2.75, 3.05) is 51.2 Å². The molecular formula is C59H59BF2N4O6. The van der Waals surface area contributed by atoms with Crippen molar-refractivity contribution in [3.63, 3.8) is 0 Å². The Bertz CT molecular complexity index is 3050. The van der Waals surface area contributed by atoms with E-state index in [1.54, 1.807) is 19.9 Å². The van der Waals surface area contributed by atoms with Gasteiger partial charge in [0, 0.05) is 70.1 Å². The van der Waals surface area contributed by atoms with Gasteiger partial charge < -0.3 is 47.2 Å². The molecule has 8 aromatic rings. The molecule has 0 atom stereocenters. The van der Waals surface area contributed by atoms with Crippen molar-refractivity contribution in [1.82, 2.24) is 9.97 Å². The predicted octanol–water partition coefficient (Wildman–Crippen LogP) is 14.0. The molecule has 0 radical (unpaired) electrons. The molecule has 13 heteroatoms. The number of esters is 2. The van der Waals surface area contributed by atoms with E-state index in [0.717, 1.165) is 78.4 Å². The number of nitrogens with one attached hydrogen (secondary N) is 2. The second-order valence-electron chi connectivity index (χ2n) is 17.1. The summed E-state index contributed by atoms with van der Waals surface area (Å²) in [7, 11) is 3.14. The summed E-state index contributed by atoms with van der Waals surface area (Å²) in [5.41, 5.74) is 12.9. The summed E-state index contributed by atoms with van der Waals surface area (Å²) in [6.45, 7) is 7.31. The number of halogens is 2. The number of hydrogen-bond acceptors (Lipinski definition) is 8. The Kier molecular flexibility index (Phi) is 16.9. The smallest absolute Gasteiger partial charge is 0.570 e. The number of nitrogens with zero attached hydrogens (tertiary/aromatic N) is 2. The Morgan fingerprint density at radius 1 is 0.500 bits per heavy atom. The summed E-state index contributed by atoms with van der Waals surface area (Å²) in [5, 5.41) is 0. The summed E-state index contributed by atoms with van der Waals surface area (Å²) in [5.74, 6) is -0.463. The van der Waals surface area contributed by atoms with E-state index in [1.807, 2.05) is 159 Å². The Morgan fingerprint density at radius 3 is 1.22 bits per heavy atom. The van der Waals surface area contributed by atoms with Gasteiger partial charge in [0.25, 0.3) is 0 Å². The molecule has 0 fully saturated rings. The lowest BCUT2D eigenvalue weighted by atomic mass is 9.90. The molecule has 0 saturated heterocycles. The fourth-order valence-electron chi connectivity index (χ4n) is 8.40. The maximum absolute atomic E-state index is 16.4. The fourth-order valence-corrected chi connectivity index (χ4v) is 8.40. The first-order valence-corrected chi connectivity index (χ1v) is 23.7. The number of rotatable bonds is 12. The third kappa shape index (κ3) is 12.4. The van der Waals surface area contributed by atoms with Crippen LogP contribution in [0.15, 0.2) is 176 Å². The van der Waals surface area contributed by atoms with Gasteiger partial charge in [0.1, 0.15) is 17.3 Å². The molecule has 0 saturated carbocycles. The van der Waals surface area contributed by atoms with Crippen molar-refractivity contribution in [2.45, 2.75) is 27.7 Å². The lowest BCUT2D eigenvalue weighted by Crippen LogP contribution is -2.37. The number of aromatic amines is 2. The Balaban J connectivity index is 0.000000567. The van der Waals surface area contributed by atoms with Gasteiger partial charge in [-0.15, -0.1) is 0 Å². The normalized spacial score (nSPS) is 12.5. The van der Waals surface area contributed by atoms with Crippen molar-refractivity contribution in [3.05, 3.63) is 193 Å². The highest BCUT2D eigenvalue weighted by Gasteiger charge is 2.48. The van der Waals surface area contributed by atoms with Crippen molar-refractivity contribution in [2.24, 2.45) is 0 Å². The van der Waals surface area contributed by atoms with Crippen LogP contribution in [0, 0.1) is 6.10 Å². The molecule has 368 valence electrons. The lowest BCUT2D eigenvalue weighted by Gasteiger charge is -2.30.